The molecule has 4 aromatic rings. The molecule has 190 valence electrons. The highest BCUT2D eigenvalue weighted by Gasteiger charge is 2.19. The van der Waals surface area contributed by atoms with Gasteiger partial charge >= 0.3 is 0 Å². The normalized spacial score (nSPS) is 12.3. The predicted molar refractivity (Wildman–Crippen MR) is 143 cm³/mol. The minimum atomic E-state index is -0.957. The fourth-order valence-corrected chi connectivity index (χ4v) is 3.62. The van der Waals surface area contributed by atoms with E-state index < -0.39 is 12.3 Å². The maximum absolute atomic E-state index is 12.0. The Kier molecular flexibility index (Phi) is 8.02. The number of hydrogen-bond donors (Lipinski definition) is 4. The molecule has 37 heavy (non-hydrogen) atoms. The topological polar surface area (TPSA) is 140 Å². The summed E-state index contributed by atoms with van der Waals surface area (Å²) in [6.45, 7) is 1.91. The Labute approximate surface area is 218 Å². The molecule has 10 nitrogen and oxygen atoms in total. The van der Waals surface area contributed by atoms with E-state index in [-0.39, 0.29) is 5.91 Å². The fourth-order valence-electron chi connectivity index (χ4n) is 3.45. The van der Waals surface area contributed by atoms with Gasteiger partial charge in [-0.2, -0.15) is 0 Å². The molecule has 0 aliphatic rings. The molecule has 5 N–H and O–H groups in total. The molecule has 4 rings (SSSR count). The minimum absolute atomic E-state index is 0.300. The highest BCUT2D eigenvalue weighted by Crippen LogP contribution is 2.33. The second kappa shape index (κ2) is 11.5. The zero-order valence-corrected chi connectivity index (χ0v) is 20.8. The van der Waals surface area contributed by atoms with Crippen LogP contribution in [0.4, 0.5) is 23.0 Å². The van der Waals surface area contributed by atoms with Gasteiger partial charge in [0.1, 0.15) is 5.75 Å². The van der Waals surface area contributed by atoms with Crippen LogP contribution in [0.25, 0.3) is 11.0 Å². The van der Waals surface area contributed by atoms with Crippen LogP contribution < -0.4 is 26.4 Å². The third kappa shape index (κ3) is 6.24. The number of aromatic nitrogens is 2. The maximum Gasteiger partial charge on any atom is 0.295 e. The quantitative estimate of drug-likeness (QED) is 0.174. The zero-order chi connectivity index (χ0) is 26.4. The second-order valence-corrected chi connectivity index (χ2v) is 8.45. The van der Waals surface area contributed by atoms with Crippen molar-refractivity contribution in [3.63, 3.8) is 0 Å². The first-order chi connectivity index (χ1) is 17.9. The van der Waals surface area contributed by atoms with E-state index in [2.05, 4.69) is 16.0 Å². The number of nitrogens with two attached hydrogens (primary N) is 1. The highest BCUT2D eigenvalue weighted by atomic mass is 35.5. The number of hydrogen-bond acceptors (Lipinski definition) is 9. The van der Waals surface area contributed by atoms with Gasteiger partial charge in [-0.1, -0.05) is 35.9 Å². The van der Waals surface area contributed by atoms with Gasteiger partial charge < -0.3 is 31.2 Å². The Balaban J connectivity index is 1.72. The number of carbonyl (C=O) groups is 2. The van der Waals surface area contributed by atoms with Gasteiger partial charge in [-0.25, -0.2) is 9.97 Å². The van der Waals surface area contributed by atoms with Crippen molar-refractivity contribution in [3.05, 3.63) is 77.3 Å². The Morgan fingerprint density at radius 1 is 1.03 bits per heavy atom. The van der Waals surface area contributed by atoms with E-state index in [9.17, 15) is 9.59 Å². The third-order valence-electron chi connectivity index (χ3n) is 5.33. The van der Waals surface area contributed by atoms with Gasteiger partial charge in [0.15, 0.2) is 11.6 Å². The lowest BCUT2D eigenvalue weighted by molar-refractivity contribution is -0.132. The lowest BCUT2D eigenvalue weighted by atomic mass is 10.1. The summed E-state index contributed by atoms with van der Waals surface area (Å²) in [5, 5.41) is 9.49. The van der Waals surface area contributed by atoms with E-state index in [0.29, 0.717) is 56.9 Å². The summed E-state index contributed by atoms with van der Waals surface area (Å²) in [7, 11) is 1.56. The molecule has 1 aromatic heterocycles. The van der Waals surface area contributed by atoms with E-state index in [0.717, 1.165) is 0 Å². The number of benzene rings is 3. The van der Waals surface area contributed by atoms with Crippen LogP contribution in [-0.4, -0.2) is 35.5 Å². The summed E-state index contributed by atoms with van der Waals surface area (Å²) in [4.78, 5) is 32.8. The number of halogens is 1. The number of carbonyl (C=O) groups excluding carboxylic acids is 2. The first kappa shape index (κ1) is 25.7. The van der Waals surface area contributed by atoms with E-state index in [1.807, 2.05) is 24.3 Å². The molecule has 3 aromatic carbocycles. The number of anilines is 4. The van der Waals surface area contributed by atoms with Crippen molar-refractivity contribution < 1.29 is 19.1 Å². The van der Waals surface area contributed by atoms with E-state index in [1.54, 1.807) is 56.5 Å². The second-order valence-electron chi connectivity index (χ2n) is 8.04. The lowest BCUT2D eigenvalue weighted by Gasteiger charge is -2.21. The van der Waals surface area contributed by atoms with E-state index in [4.69, 9.17) is 36.8 Å². The van der Waals surface area contributed by atoms with Crippen LogP contribution in [0.3, 0.4) is 0 Å². The summed E-state index contributed by atoms with van der Waals surface area (Å²) in [5.74, 6) is 0.896. The SMILES string of the molecule is COc1ccc(Cl)c(Nc2nc3ccccc3nc2NC(OC=O)c2cccc(NC(=O)[C@H](C)N)c2)c1. The van der Waals surface area contributed by atoms with Crippen LogP contribution in [0, 0.1) is 0 Å². The van der Waals surface area contributed by atoms with Crippen molar-refractivity contribution in [2.45, 2.75) is 19.2 Å². The van der Waals surface area contributed by atoms with Crippen molar-refractivity contribution in [1.29, 1.82) is 0 Å². The average molecular weight is 521 g/mol. The van der Waals surface area contributed by atoms with Crippen molar-refractivity contribution in [1.82, 2.24) is 9.97 Å². The van der Waals surface area contributed by atoms with Gasteiger partial charge in [0.25, 0.3) is 6.47 Å². The molecule has 0 radical (unpaired) electrons. The van der Waals surface area contributed by atoms with Crippen LogP contribution in [0.1, 0.15) is 18.7 Å². The molecule has 0 saturated carbocycles. The molecule has 0 bridgehead atoms. The van der Waals surface area contributed by atoms with Gasteiger partial charge in [0, 0.05) is 17.3 Å². The van der Waals surface area contributed by atoms with Gasteiger partial charge in [-0.3, -0.25) is 9.59 Å². The summed E-state index contributed by atoms with van der Waals surface area (Å²) >= 11 is 6.41. The number of fused-ring (bicyclic) bond motifs is 1. The molecular weight excluding hydrogens is 496 g/mol. The number of para-hydroxylation sites is 2. The minimum Gasteiger partial charge on any atom is -0.497 e. The highest BCUT2D eigenvalue weighted by molar-refractivity contribution is 6.33. The molecule has 1 unspecified atom stereocenters. The van der Waals surface area contributed by atoms with Crippen LogP contribution in [0.5, 0.6) is 5.75 Å². The van der Waals surface area contributed by atoms with E-state index >= 15 is 0 Å². The van der Waals surface area contributed by atoms with Crippen LogP contribution in [0.15, 0.2) is 66.7 Å². The van der Waals surface area contributed by atoms with Crippen molar-refractivity contribution in [2.24, 2.45) is 5.73 Å². The largest absolute Gasteiger partial charge is 0.497 e. The monoisotopic (exact) mass is 520 g/mol. The number of nitrogens with one attached hydrogen (secondary N) is 3. The third-order valence-corrected chi connectivity index (χ3v) is 5.66. The summed E-state index contributed by atoms with van der Waals surface area (Å²) < 4.78 is 10.7. The van der Waals surface area contributed by atoms with Gasteiger partial charge in [-0.15, -0.1) is 0 Å². The summed E-state index contributed by atoms with van der Waals surface area (Å²) in [6.07, 6.45) is -0.957. The predicted octanol–water partition coefficient (Wildman–Crippen LogP) is 4.60. The lowest BCUT2D eigenvalue weighted by Crippen LogP contribution is -2.32. The maximum atomic E-state index is 12.0. The van der Waals surface area contributed by atoms with Gasteiger partial charge in [0.2, 0.25) is 12.1 Å². The Morgan fingerprint density at radius 2 is 1.76 bits per heavy atom. The Morgan fingerprint density at radius 3 is 2.43 bits per heavy atom. The Bertz CT molecular complexity index is 1430. The standard InChI is InChI=1S/C26H25ClN6O4/c1-15(28)25(35)29-17-7-5-6-16(12-17)26(37-14-34)33-24-23(30-20-8-3-4-9-21(20)31-24)32-22-13-18(36-2)10-11-19(22)27/h3-15,26H,28H2,1-2H3,(H,29,35)(H,30,32)(H,31,33)/t15-,26?/m0/s1. The first-order valence-corrected chi connectivity index (χ1v) is 11.6. The first-order valence-electron chi connectivity index (χ1n) is 11.3. The van der Waals surface area contributed by atoms with Crippen molar-refractivity contribution in [2.75, 3.05) is 23.1 Å². The molecule has 0 aliphatic heterocycles. The van der Waals surface area contributed by atoms with Crippen LogP contribution >= 0.6 is 11.6 Å². The molecule has 1 heterocycles. The smallest absolute Gasteiger partial charge is 0.295 e. The average Bonchev–Trinajstić information content (AvgIpc) is 2.90. The molecule has 0 aliphatic carbocycles. The van der Waals surface area contributed by atoms with Crippen molar-refractivity contribution in [3.8, 4) is 5.75 Å². The van der Waals surface area contributed by atoms with Crippen molar-refractivity contribution >= 4 is 58.0 Å². The van der Waals surface area contributed by atoms with Gasteiger partial charge in [-0.05, 0) is 43.3 Å². The molecule has 1 amide bonds. The molecular formula is C26H25ClN6O4. The number of methoxy groups -OCH3 is 1. The van der Waals surface area contributed by atoms with Crippen LogP contribution in [-0.2, 0) is 14.3 Å². The molecule has 2 atom stereocenters. The molecule has 0 saturated heterocycles. The van der Waals surface area contributed by atoms with E-state index in [1.165, 1.54) is 0 Å². The van der Waals surface area contributed by atoms with Crippen LogP contribution in [0.2, 0.25) is 5.02 Å². The summed E-state index contributed by atoms with van der Waals surface area (Å²) in [5.41, 5.74) is 8.50. The molecule has 0 fully saturated rings. The fraction of sp³-hybridized carbons (Fsp3) is 0.154. The number of ether oxygens (including phenoxy) is 2. The zero-order valence-electron chi connectivity index (χ0n) is 20.1. The Hall–Kier alpha value is -4.41. The van der Waals surface area contributed by atoms with Gasteiger partial charge in [0.05, 0.1) is 34.9 Å². The molecule has 11 heteroatoms. The number of amides is 1. The number of rotatable bonds is 10. The molecule has 0 spiro atoms. The number of nitrogens with zero attached hydrogens (tertiary/aromatic N) is 2. The summed E-state index contributed by atoms with van der Waals surface area (Å²) in [6, 6.07) is 18.7.